The molecule has 0 radical (unpaired) electrons. The lowest BCUT2D eigenvalue weighted by molar-refractivity contribution is 0.0992. The zero-order valence-electron chi connectivity index (χ0n) is 15.0. The van der Waals surface area contributed by atoms with Gasteiger partial charge in [0.2, 0.25) is 0 Å². The molecule has 0 amide bonds. The first-order chi connectivity index (χ1) is 13.7. The maximum Gasteiger partial charge on any atom is 0.168 e. The summed E-state index contributed by atoms with van der Waals surface area (Å²) in [7, 11) is 1.88. The van der Waals surface area contributed by atoms with Crippen molar-refractivity contribution < 1.29 is 4.79 Å². The summed E-state index contributed by atoms with van der Waals surface area (Å²) in [4.78, 5) is 26.2. The molecular weight excluding hydrogens is 370 g/mol. The maximum atomic E-state index is 12.7. The number of aryl methyl sites for hydroxylation is 1. The predicted molar refractivity (Wildman–Crippen MR) is 109 cm³/mol. The number of thiazole rings is 1. The lowest BCUT2D eigenvalue weighted by Crippen LogP contribution is -2.05. The Morgan fingerprint density at radius 2 is 2.00 bits per heavy atom. The number of rotatable bonds is 4. The van der Waals surface area contributed by atoms with Crippen LogP contribution in [0.25, 0.3) is 32.4 Å². The Morgan fingerprint density at radius 1 is 1.07 bits per heavy atom. The lowest BCUT2D eigenvalue weighted by atomic mass is 10.1. The molecule has 0 fully saturated rings. The van der Waals surface area contributed by atoms with Crippen molar-refractivity contribution in [3.8, 4) is 11.3 Å². The Morgan fingerprint density at radius 3 is 2.86 bits per heavy atom. The number of aromatic nitrogens is 5. The highest BCUT2D eigenvalue weighted by atomic mass is 32.1. The third-order valence-corrected chi connectivity index (χ3v) is 5.43. The molecule has 0 N–H and O–H groups in total. The van der Waals surface area contributed by atoms with Crippen LogP contribution in [0, 0.1) is 0 Å². The molecule has 1 aromatic carbocycles. The first-order valence-corrected chi connectivity index (χ1v) is 9.65. The van der Waals surface area contributed by atoms with E-state index in [1.807, 2.05) is 49.6 Å². The smallest absolute Gasteiger partial charge is 0.168 e. The summed E-state index contributed by atoms with van der Waals surface area (Å²) >= 11 is 1.57. The highest BCUT2D eigenvalue weighted by Crippen LogP contribution is 2.22. The molecule has 0 unspecified atom stereocenters. The van der Waals surface area contributed by atoms with Crippen molar-refractivity contribution in [2.75, 3.05) is 0 Å². The summed E-state index contributed by atoms with van der Waals surface area (Å²) in [6, 6.07) is 11.5. The van der Waals surface area contributed by atoms with Crippen LogP contribution in [0.15, 0.2) is 60.5 Å². The molecule has 0 aliphatic heterocycles. The van der Waals surface area contributed by atoms with Gasteiger partial charge in [0.1, 0.15) is 0 Å². The number of benzene rings is 1. The van der Waals surface area contributed by atoms with Crippen molar-refractivity contribution in [3.63, 3.8) is 0 Å². The summed E-state index contributed by atoms with van der Waals surface area (Å²) < 4.78 is 2.82. The summed E-state index contributed by atoms with van der Waals surface area (Å²) in [6.45, 7) is 0. The molecule has 0 saturated heterocycles. The first kappa shape index (κ1) is 16.7. The van der Waals surface area contributed by atoms with Gasteiger partial charge in [0.25, 0.3) is 0 Å². The molecule has 4 aromatic heterocycles. The monoisotopic (exact) mass is 385 g/mol. The van der Waals surface area contributed by atoms with E-state index >= 15 is 0 Å². The van der Waals surface area contributed by atoms with Crippen molar-refractivity contribution in [2.24, 2.45) is 7.05 Å². The van der Waals surface area contributed by atoms with E-state index in [2.05, 4.69) is 15.1 Å². The van der Waals surface area contributed by atoms with Gasteiger partial charge in [-0.2, -0.15) is 5.10 Å². The number of pyridine rings is 2. The average Bonchev–Trinajstić information content (AvgIpc) is 3.35. The van der Waals surface area contributed by atoms with Crippen LogP contribution in [0.4, 0.5) is 0 Å². The van der Waals surface area contributed by atoms with Gasteiger partial charge in [-0.25, -0.2) is 9.97 Å². The van der Waals surface area contributed by atoms with Crippen LogP contribution in [0.5, 0.6) is 0 Å². The third-order valence-electron chi connectivity index (χ3n) is 4.62. The van der Waals surface area contributed by atoms with E-state index in [0.717, 1.165) is 32.4 Å². The van der Waals surface area contributed by atoms with Gasteiger partial charge in [-0.3, -0.25) is 14.5 Å². The van der Waals surface area contributed by atoms with Crippen LogP contribution < -0.4 is 0 Å². The second-order valence-corrected chi connectivity index (χ2v) is 7.49. The summed E-state index contributed by atoms with van der Waals surface area (Å²) in [6.07, 6.45) is 5.70. The molecule has 0 aliphatic rings. The van der Waals surface area contributed by atoms with Crippen molar-refractivity contribution in [2.45, 2.75) is 6.42 Å². The van der Waals surface area contributed by atoms with Crippen LogP contribution >= 0.6 is 11.3 Å². The number of fused-ring (bicyclic) bond motifs is 2. The predicted octanol–water partition coefficient (Wildman–Crippen LogP) is 4.07. The normalized spacial score (nSPS) is 11.3. The minimum atomic E-state index is 0.0187. The number of nitrogens with zero attached hydrogens (tertiary/aromatic N) is 5. The molecule has 5 rings (SSSR count). The van der Waals surface area contributed by atoms with Crippen LogP contribution in [0.3, 0.4) is 0 Å². The van der Waals surface area contributed by atoms with Crippen molar-refractivity contribution in [1.29, 1.82) is 0 Å². The van der Waals surface area contributed by atoms with E-state index in [9.17, 15) is 4.79 Å². The Balaban J connectivity index is 1.45. The largest absolute Gasteiger partial charge is 0.294 e. The molecule has 0 atom stereocenters. The number of hydrogen-bond acceptors (Lipinski definition) is 6. The van der Waals surface area contributed by atoms with E-state index in [1.54, 1.807) is 33.9 Å². The first-order valence-electron chi connectivity index (χ1n) is 8.77. The standard InChI is InChI=1S/C21H15N5OS/c1-26-11-15(10-24-26)17-4-2-14-9-22-16(7-18(14)25-17)8-20(27)13-3-5-21-19(6-13)23-12-28-21/h2-7,9-12H,8H2,1H3. The van der Waals surface area contributed by atoms with Crippen LogP contribution in [0.1, 0.15) is 16.1 Å². The van der Waals surface area contributed by atoms with Gasteiger partial charge in [0.15, 0.2) is 5.78 Å². The molecule has 4 heterocycles. The molecule has 5 aromatic rings. The van der Waals surface area contributed by atoms with Crippen molar-refractivity contribution in [1.82, 2.24) is 24.7 Å². The van der Waals surface area contributed by atoms with E-state index in [4.69, 9.17) is 4.98 Å². The number of Topliss-reactive ketones (excluding diaryl/α,β-unsaturated/α-hetero) is 1. The third kappa shape index (κ3) is 3.05. The Bertz CT molecular complexity index is 1340. The van der Waals surface area contributed by atoms with Crippen molar-refractivity contribution in [3.05, 3.63) is 71.8 Å². The minimum Gasteiger partial charge on any atom is -0.294 e. The van der Waals surface area contributed by atoms with Gasteiger partial charge in [-0.05, 0) is 36.4 Å². The van der Waals surface area contributed by atoms with Crippen LogP contribution in [0.2, 0.25) is 0 Å². The molecule has 28 heavy (non-hydrogen) atoms. The molecule has 136 valence electrons. The second-order valence-electron chi connectivity index (χ2n) is 6.60. The molecule has 7 heteroatoms. The SMILES string of the molecule is Cn1cc(-c2ccc3cnc(CC(=O)c4ccc5scnc5c4)cc3n2)cn1. The number of hydrogen-bond donors (Lipinski definition) is 0. The van der Waals surface area contributed by atoms with E-state index in [-0.39, 0.29) is 12.2 Å². The fourth-order valence-electron chi connectivity index (χ4n) is 3.17. The molecule has 6 nitrogen and oxygen atoms in total. The lowest BCUT2D eigenvalue weighted by Gasteiger charge is -2.05. The van der Waals surface area contributed by atoms with Gasteiger partial charge in [-0.1, -0.05) is 0 Å². The Hall–Kier alpha value is -3.45. The number of carbonyl (C=O) groups excluding carboxylic acids is 1. The Kier molecular flexibility index (Phi) is 3.95. The zero-order chi connectivity index (χ0) is 19.1. The van der Waals surface area contributed by atoms with Crippen LogP contribution in [-0.2, 0) is 13.5 Å². The molecule has 0 spiro atoms. The highest BCUT2D eigenvalue weighted by molar-refractivity contribution is 7.16. The summed E-state index contributed by atoms with van der Waals surface area (Å²) in [5.74, 6) is 0.0187. The van der Waals surface area contributed by atoms with Gasteiger partial charge < -0.3 is 0 Å². The number of carbonyl (C=O) groups is 1. The second kappa shape index (κ2) is 6.61. The van der Waals surface area contributed by atoms with E-state index < -0.39 is 0 Å². The summed E-state index contributed by atoms with van der Waals surface area (Å²) in [5.41, 5.74) is 6.60. The molecule has 0 bridgehead atoms. The van der Waals surface area contributed by atoms with Crippen molar-refractivity contribution >= 4 is 38.2 Å². The molecule has 0 aliphatic carbocycles. The zero-order valence-corrected chi connectivity index (χ0v) is 15.8. The highest BCUT2D eigenvalue weighted by Gasteiger charge is 2.11. The van der Waals surface area contributed by atoms with Gasteiger partial charge in [0.05, 0.1) is 45.2 Å². The minimum absolute atomic E-state index is 0.0187. The average molecular weight is 385 g/mol. The Labute approximate surface area is 164 Å². The number of ketones is 1. The van der Waals surface area contributed by atoms with Gasteiger partial charge >= 0.3 is 0 Å². The quantitative estimate of drug-likeness (QED) is 0.436. The summed E-state index contributed by atoms with van der Waals surface area (Å²) in [5, 5.41) is 5.13. The topological polar surface area (TPSA) is 73.6 Å². The fourth-order valence-corrected chi connectivity index (χ4v) is 3.83. The maximum absolute atomic E-state index is 12.7. The fraction of sp³-hybridized carbons (Fsp3) is 0.0952. The van der Waals surface area contributed by atoms with Gasteiger partial charge in [-0.15, -0.1) is 11.3 Å². The van der Waals surface area contributed by atoms with Crippen LogP contribution in [-0.4, -0.2) is 30.5 Å². The van der Waals surface area contributed by atoms with Gasteiger partial charge in [0, 0.05) is 36.0 Å². The van der Waals surface area contributed by atoms with E-state index in [0.29, 0.717) is 11.3 Å². The van der Waals surface area contributed by atoms with E-state index in [1.165, 1.54) is 0 Å². The molecule has 0 saturated carbocycles. The molecular formula is C21H15N5OS.